The summed E-state index contributed by atoms with van der Waals surface area (Å²) in [5.41, 5.74) is 0.107. The molecule has 0 bridgehead atoms. The smallest absolute Gasteiger partial charge is 0.339 e. The Morgan fingerprint density at radius 3 is 2.60 bits per heavy atom. The van der Waals surface area contributed by atoms with Crippen LogP contribution in [0.4, 0.5) is 0 Å². The molecule has 2 amide bonds. The molecule has 0 aliphatic carbocycles. The molecule has 1 aromatic rings. The molecular weight excluding hydrogens is 388 g/mol. The number of carbonyl (C=O) groups is 3. The van der Waals surface area contributed by atoms with Gasteiger partial charge in [-0.15, -0.1) is 0 Å². The minimum absolute atomic E-state index is 0.167. The Balaban J connectivity index is 1.34. The maximum atomic E-state index is 13.1. The van der Waals surface area contributed by atoms with Crippen molar-refractivity contribution in [1.82, 2.24) is 19.7 Å². The first-order valence-electron chi connectivity index (χ1n) is 10.5. The summed E-state index contributed by atoms with van der Waals surface area (Å²) in [6.07, 6.45) is 2.82. The topological polar surface area (TPSA) is 92.3 Å². The van der Waals surface area contributed by atoms with Gasteiger partial charge in [0.25, 0.3) is 5.91 Å². The van der Waals surface area contributed by atoms with Gasteiger partial charge in [-0.1, -0.05) is 0 Å². The summed E-state index contributed by atoms with van der Waals surface area (Å²) < 4.78 is 10.0. The highest BCUT2D eigenvalue weighted by Gasteiger charge is 2.51. The number of methoxy groups -OCH3 is 1. The molecule has 3 aliphatic rings. The first-order valence-corrected chi connectivity index (χ1v) is 10.5. The van der Waals surface area contributed by atoms with Gasteiger partial charge >= 0.3 is 5.97 Å². The molecule has 0 saturated carbocycles. The van der Waals surface area contributed by atoms with E-state index >= 15 is 0 Å². The van der Waals surface area contributed by atoms with Crippen molar-refractivity contribution in [1.29, 1.82) is 0 Å². The highest BCUT2D eigenvalue weighted by atomic mass is 16.5. The maximum Gasteiger partial charge on any atom is 0.339 e. The first-order chi connectivity index (χ1) is 14.5. The Kier molecular flexibility index (Phi) is 6.01. The normalized spacial score (nSPS) is 24.6. The first kappa shape index (κ1) is 20.7. The monoisotopic (exact) mass is 416 g/mol. The third kappa shape index (κ3) is 4.04. The highest BCUT2D eigenvalue weighted by molar-refractivity contribution is 5.95. The number of hydrogen-bond acceptors (Lipinski definition) is 7. The fourth-order valence-corrected chi connectivity index (χ4v) is 4.54. The van der Waals surface area contributed by atoms with Crippen LogP contribution in [-0.4, -0.2) is 104 Å². The van der Waals surface area contributed by atoms with E-state index < -0.39 is 11.4 Å². The lowest BCUT2D eigenvalue weighted by atomic mass is 9.85. The Hall–Kier alpha value is -2.52. The number of rotatable bonds is 5. The fourth-order valence-electron chi connectivity index (χ4n) is 4.54. The predicted molar refractivity (Wildman–Crippen MR) is 107 cm³/mol. The molecule has 9 heteroatoms. The number of morpholine rings is 1. The number of hydrogen-bond donors (Lipinski definition) is 0. The van der Waals surface area contributed by atoms with E-state index in [-0.39, 0.29) is 17.5 Å². The molecule has 3 saturated heterocycles. The minimum atomic E-state index is -0.490. The molecule has 1 aromatic heterocycles. The quantitative estimate of drug-likeness (QED) is 0.636. The molecular formula is C21H28N4O5. The van der Waals surface area contributed by atoms with Crippen LogP contribution >= 0.6 is 0 Å². The zero-order valence-electron chi connectivity index (χ0n) is 17.3. The van der Waals surface area contributed by atoms with E-state index in [9.17, 15) is 14.4 Å². The highest BCUT2D eigenvalue weighted by Crippen LogP contribution is 2.41. The third-order valence-electron chi connectivity index (χ3n) is 6.44. The van der Waals surface area contributed by atoms with E-state index in [4.69, 9.17) is 4.74 Å². The standard InChI is InChI=1S/C21H28N4O5/c1-29-19(27)16-2-3-17(22-14-16)18(26)25-7-5-21(15-25)4-6-24(20(21)28)9-8-23-10-12-30-13-11-23/h2-3,14H,4-13,15H2,1H3. The average molecular weight is 416 g/mol. The van der Waals surface area contributed by atoms with Gasteiger partial charge in [0.2, 0.25) is 5.91 Å². The van der Waals surface area contributed by atoms with Crippen molar-refractivity contribution in [2.75, 3.05) is 66.1 Å². The van der Waals surface area contributed by atoms with Gasteiger partial charge < -0.3 is 19.3 Å². The maximum absolute atomic E-state index is 13.1. The Morgan fingerprint density at radius 2 is 1.90 bits per heavy atom. The molecule has 3 aliphatic heterocycles. The van der Waals surface area contributed by atoms with Crippen LogP contribution in [0.2, 0.25) is 0 Å². The van der Waals surface area contributed by atoms with Crippen molar-refractivity contribution in [2.45, 2.75) is 12.8 Å². The summed E-state index contributed by atoms with van der Waals surface area (Å²) in [4.78, 5) is 47.6. The van der Waals surface area contributed by atoms with E-state index in [1.54, 1.807) is 4.90 Å². The van der Waals surface area contributed by atoms with Crippen LogP contribution in [0.3, 0.4) is 0 Å². The van der Waals surface area contributed by atoms with Crippen molar-refractivity contribution < 1.29 is 23.9 Å². The summed E-state index contributed by atoms with van der Waals surface area (Å²) in [5, 5.41) is 0. The second-order valence-corrected chi connectivity index (χ2v) is 8.18. The number of likely N-dealkylation sites (tertiary alicyclic amines) is 2. The molecule has 4 heterocycles. The van der Waals surface area contributed by atoms with Crippen molar-refractivity contribution in [3.05, 3.63) is 29.6 Å². The van der Waals surface area contributed by atoms with Crippen molar-refractivity contribution >= 4 is 17.8 Å². The predicted octanol–water partition coefficient (Wildman–Crippen LogP) is 0.265. The van der Waals surface area contributed by atoms with Crippen LogP contribution in [0.15, 0.2) is 18.3 Å². The molecule has 1 atom stereocenters. The number of nitrogens with zero attached hydrogens (tertiary/aromatic N) is 4. The SMILES string of the molecule is COC(=O)c1ccc(C(=O)N2CCC3(CCN(CCN4CCOCC4)C3=O)C2)nc1. The summed E-state index contributed by atoms with van der Waals surface area (Å²) in [7, 11) is 1.30. The van der Waals surface area contributed by atoms with Gasteiger partial charge in [-0.25, -0.2) is 4.79 Å². The lowest BCUT2D eigenvalue weighted by molar-refractivity contribution is -0.135. The fraction of sp³-hybridized carbons (Fsp3) is 0.619. The van der Waals surface area contributed by atoms with Gasteiger partial charge in [0.15, 0.2) is 0 Å². The number of aromatic nitrogens is 1. The van der Waals surface area contributed by atoms with Crippen LogP contribution in [0.5, 0.6) is 0 Å². The van der Waals surface area contributed by atoms with E-state index in [1.807, 2.05) is 4.90 Å². The summed E-state index contributed by atoms with van der Waals surface area (Å²) >= 11 is 0. The van der Waals surface area contributed by atoms with E-state index in [0.29, 0.717) is 25.1 Å². The van der Waals surface area contributed by atoms with Crippen LogP contribution < -0.4 is 0 Å². The van der Waals surface area contributed by atoms with Gasteiger partial charge in [0.1, 0.15) is 5.69 Å². The Morgan fingerprint density at radius 1 is 1.13 bits per heavy atom. The number of pyridine rings is 1. The summed E-state index contributed by atoms with van der Waals surface area (Å²) in [5.74, 6) is -0.529. The average Bonchev–Trinajstić information content (AvgIpc) is 3.36. The largest absolute Gasteiger partial charge is 0.465 e. The molecule has 30 heavy (non-hydrogen) atoms. The zero-order valence-corrected chi connectivity index (χ0v) is 17.3. The Bertz CT molecular complexity index is 808. The van der Waals surface area contributed by atoms with Crippen molar-refractivity contribution in [3.63, 3.8) is 0 Å². The van der Waals surface area contributed by atoms with Crippen molar-refractivity contribution in [3.8, 4) is 0 Å². The lowest BCUT2D eigenvalue weighted by Gasteiger charge is -2.29. The number of ether oxygens (including phenoxy) is 2. The number of esters is 1. The van der Waals surface area contributed by atoms with Gasteiger partial charge in [-0.2, -0.15) is 0 Å². The van der Waals surface area contributed by atoms with E-state index in [1.165, 1.54) is 25.4 Å². The number of amides is 2. The number of carbonyl (C=O) groups excluding carboxylic acids is 3. The van der Waals surface area contributed by atoms with Gasteiger partial charge in [0.05, 0.1) is 31.3 Å². The second kappa shape index (κ2) is 8.69. The molecule has 1 spiro atoms. The van der Waals surface area contributed by atoms with E-state index in [0.717, 1.165) is 52.4 Å². The van der Waals surface area contributed by atoms with Crippen molar-refractivity contribution in [2.24, 2.45) is 5.41 Å². The minimum Gasteiger partial charge on any atom is -0.465 e. The Labute approximate surface area is 175 Å². The lowest BCUT2D eigenvalue weighted by Crippen LogP contribution is -2.44. The third-order valence-corrected chi connectivity index (χ3v) is 6.44. The molecule has 162 valence electrons. The zero-order chi connectivity index (χ0) is 21.1. The van der Waals surface area contributed by atoms with E-state index in [2.05, 4.69) is 14.6 Å². The molecule has 0 N–H and O–H groups in total. The van der Waals surface area contributed by atoms with Crippen LogP contribution in [-0.2, 0) is 14.3 Å². The summed E-state index contributed by atoms with van der Waals surface area (Å²) in [6.45, 7) is 6.65. The molecule has 0 aromatic carbocycles. The van der Waals surface area contributed by atoms with Crippen LogP contribution in [0.25, 0.3) is 0 Å². The summed E-state index contributed by atoms with van der Waals surface area (Å²) in [6, 6.07) is 3.07. The molecule has 9 nitrogen and oxygen atoms in total. The van der Waals surface area contributed by atoms with Gasteiger partial charge in [0, 0.05) is 52.0 Å². The molecule has 1 unspecified atom stereocenters. The van der Waals surface area contributed by atoms with Gasteiger partial charge in [-0.3, -0.25) is 19.5 Å². The van der Waals surface area contributed by atoms with Gasteiger partial charge in [-0.05, 0) is 25.0 Å². The molecule has 3 fully saturated rings. The molecule has 4 rings (SSSR count). The van der Waals surface area contributed by atoms with Crippen LogP contribution in [0, 0.1) is 5.41 Å². The molecule has 0 radical (unpaired) electrons. The van der Waals surface area contributed by atoms with Crippen LogP contribution in [0.1, 0.15) is 33.7 Å². The second-order valence-electron chi connectivity index (χ2n) is 8.18.